The van der Waals surface area contributed by atoms with Gasteiger partial charge >= 0.3 is 0 Å². The van der Waals surface area contributed by atoms with Gasteiger partial charge in [0.05, 0.1) is 12.1 Å². The number of aromatic nitrogens is 4. The Balaban J connectivity index is 1.93. The average molecular weight is 283 g/mol. The van der Waals surface area contributed by atoms with E-state index in [2.05, 4.69) is 20.6 Å². The van der Waals surface area contributed by atoms with Crippen LogP contribution in [0.5, 0.6) is 0 Å². The Morgan fingerprint density at radius 1 is 1.45 bits per heavy atom. The fraction of sp³-hybridized carbons (Fsp3) is 0.583. The van der Waals surface area contributed by atoms with Crippen molar-refractivity contribution in [1.29, 1.82) is 0 Å². The molecule has 108 valence electrons. The molecule has 2 aromatic rings. The number of anilines is 1. The molecule has 0 saturated heterocycles. The first kappa shape index (κ1) is 13.2. The van der Waals surface area contributed by atoms with Crippen molar-refractivity contribution in [3.8, 4) is 0 Å². The summed E-state index contributed by atoms with van der Waals surface area (Å²) >= 11 is 0. The highest BCUT2D eigenvalue weighted by Gasteiger charge is 2.41. The van der Waals surface area contributed by atoms with E-state index in [0.717, 1.165) is 17.4 Å². The van der Waals surface area contributed by atoms with Gasteiger partial charge in [0.1, 0.15) is 5.82 Å². The number of nitrogens with zero attached hydrogens (tertiary/aromatic N) is 4. The highest BCUT2D eigenvalue weighted by Crippen LogP contribution is 2.40. The van der Waals surface area contributed by atoms with Gasteiger partial charge in [0.2, 0.25) is 5.82 Å². The lowest BCUT2D eigenvalue weighted by atomic mass is 9.97. The zero-order valence-electron chi connectivity index (χ0n) is 10.9. The van der Waals surface area contributed by atoms with Crippen LogP contribution in [0.3, 0.4) is 0 Å². The molecule has 1 fully saturated rings. The molecular weight excluding hydrogens is 268 g/mol. The number of fused-ring (bicyclic) bond motifs is 1. The summed E-state index contributed by atoms with van der Waals surface area (Å²) in [5, 5.41) is 23.8. The molecule has 0 bridgehead atoms. The van der Waals surface area contributed by atoms with Gasteiger partial charge in [-0.05, 0) is 37.8 Å². The van der Waals surface area contributed by atoms with Gasteiger partial charge in [-0.25, -0.2) is 8.78 Å². The van der Waals surface area contributed by atoms with E-state index in [-0.39, 0.29) is 12.3 Å². The van der Waals surface area contributed by atoms with Crippen LogP contribution in [0, 0.1) is 5.92 Å². The second-order valence-electron chi connectivity index (χ2n) is 5.32. The second-order valence-corrected chi connectivity index (χ2v) is 5.32. The van der Waals surface area contributed by atoms with Crippen molar-refractivity contribution < 1.29 is 13.9 Å². The third kappa shape index (κ3) is 2.20. The normalized spacial score (nSPS) is 18.4. The fourth-order valence-corrected chi connectivity index (χ4v) is 2.29. The highest BCUT2D eigenvalue weighted by molar-refractivity contribution is 5.45. The number of rotatable bonds is 5. The number of halogens is 2. The summed E-state index contributed by atoms with van der Waals surface area (Å²) in [6, 6.07) is 3.22. The van der Waals surface area contributed by atoms with E-state index < -0.39 is 17.8 Å². The Bertz CT molecular complexity index is 627. The van der Waals surface area contributed by atoms with Crippen LogP contribution < -0.4 is 5.32 Å². The molecule has 0 amide bonds. The molecule has 6 nitrogen and oxygen atoms in total. The molecule has 0 aliphatic heterocycles. The molecule has 1 atom stereocenters. The first-order valence-corrected chi connectivity index (χ1v) is 6.43. The van der Waals surface area contributed by atoms with Crippen LogP contribution in [0.1, 0.15) is 32.0 Å². The van der Waals surface area contributed by atoms with Gasteiger partial charge in [-0.2, -0.15) is 4.52 Å². The molecule has 1 saturated carbocycles. The Hall–Kier alpha value is -1.83. The van der Waals surface area contributed by atoms with E-state index in [1.54, 1.807) is 12.1 Å². The number of hydrogen-bond acceptors (Lipinski definition) is 5. The smallest absolute Gasteiger partial charge is 0.299 e. The van der Waals surface area contributed by atoms with E-state index in [9.17, 15) is 13.9 Å². The van der Waals surface area contributed by atoms with Crippen LogP contribution in [0.25, 0.3) is 5.65 Å². The van der Waals surface area contributed by atoms with Crippen LogP contribution in [-0.4, -0.2) is 37.1 Å². The van der Waals surface area contributed by atoms with Crippen LogP contribution in [0.2, 0.25) is 0 Å². The van der Waals surface area contributed by atoms with Crippen molar-refractivity contribution in [2.75, 3.05) is 11.9 Å². The minimum Gasteiger partial charge on any atom is -0.394 e. The van der Waals surface area contributed by atoms with Gasteiger partial charge in [0, 0.05) is 0 Å². The fourth-order valence-electron chi connectivity index (χ4n) is 2.29. The van der Waals surface area contributed by atoms with E-state index >= 15 is 0 Å². The molecule has 20 heavy (non-hydrogen) atoms. The lowest BCUT2D eigenvalue weighted by Gasteiger charge is -2.29. The first-order chi connectivity index (χ1) is 9.53. The van der Waals surface area contributed by atoms with Crippen molar-refractivity contribution in [2.24, 2.45) is 5.92 Å². The van der Waals surface area contributed by atoms with Crippen molar-refractivity contribution in [2.45, 2.75) is 31.7 Å². The Morgan fingerprint density at radius 2 is 2.20 bits per heavy atom. The molecule has 1 aliphatic rings. The maximum Gasteiger partial charge on any atom is 0.299 e. The molecule has 1 aliphatic carbocycles. The zero-order valence-corrected chi connectivity index (χ0v) is 10.9. The van der Waals surface area contributed by atoms with E-state index in [1.165, 1.54) is 0 Å². The highest BCUT2D eigenvalue weighted by atomic mass is 19.3. The van der Waals surface area contributed by atoms with Gasteiger partial charge in [0.15, 0.2) is 5.65 Å². The maximum atomic E-state index is 12.8. The topological polar surface area (TPSA) is 75.3 Å². The first-order valence-electron chi connectivity index (χ1n) is 6.43. The summed E-state index contributed by atoms with van der Waals surface area (Å²) in [5.41, 5.74) is -0.220. The molecule has 2 heterocycles. The third-order valence-corrected chi connectivity index (χ3v) is 3.70. The number of nitrogens with one attached hydrogen (secondary N) is 1. The van der Waals surface area contributed by atoms with Gasteiger partial charge in [0.25, 0.3) is 6.43 Å². The SMILES string of the molecule is CC(CO)(Nc1ccc2nnc(C(F)F)n2n1)C1CC1. The van der Waals surface area contributed by atoms with Crippen molar-refractivity contribution in [1.82, 2.24) is 19.8 Å². The summed E-state index contributed by atoms with van der Waals surface area (Å²) in [6.07, 6.45) is -0.650. The average Bonchev–Trinajstić information content (AvgIpc) is 3.19. The molecule has 0 spiro atoms. The van der Waals surface area contributed by atoms with Gasteiger partial charge < -0.3 is 10.4 Å². The largest absolute Gasteiger partial charge is 0.394 e. The molecule has 3 rings (SSSR count). The minimum absolute atomic E-state index is 0.0404. The second kappa shape index (κ2) is 4.62. The van der Waals surface area contributed by atoms with Crippen molar-refractivity contribution >= 4 is 11.5 Å². The molecule has 2 N–H and O–H groups in total. The van der Waals surface area contributed by atoms with E-state index in [0.29, 0.717) is 11.7 Å². The molecule has 0 radical (unpaired) electrons. The van der Waals surface area contributed by atoms with Gasteiger partial charge in [-0.15, -0.1) is 15.3 Å². The molecule has 8 heteroatoms. The van der Waals surface area contributed by atoms with E-state index in [4.69, 9.17) is 0 Å². The zero-order chi connectivity index (χ0) is 14.3. The third-order valence-electron chi connectivity index (χ3n) is 3.70. The van der Waals surface area contributed by atoms with Crippen molar-refractivity contribution in [3.05, 3.63) is 18.0 Å². The molecule has 0 aromatic carbocycles. The van der Waals surface area contributed by atoms with E-state index in [1.807, 2.05) is 6.92 Å². The summed E-state index contributed by atoms with van der Waals surface area (Å²) in [4.78, 5) is 0. The number of hydrogen-bond donors (Lipinski definition) is 2. The standard InChI is InChI=1S/C12H15F2N5O/c1-12(6-20,7-2-3-7)15-8-4-5-9-16-17-11(10(13)14)19(9)18-8/h4-5,7,10,20H,2-3,6H2,1H3,(H,15,18). The predicted octanol–water partition coefficient (Wildman–Crippen LogP) is 1.63. The summed E-state index contributed by atoms with van der Waals surface area (Å²) in [6.45, 7) is 1.86. The quantitative estimate of drug-likeness (QED) is 0.872. The maximum absolute atomic E-state index is 12.8. The Kier molecular flexibility index (Phi) is 3.04. The minimum atomic E-state index is -2.74. The van der Waals surface area contributed by atoms with Gasteiger partial charge in [-0.1, -0.05) is 0 Å². The lowest BCUT2D eigenvalue weighted by molar-refractivity contribution is 0.137. The van der Waals surface area contributed by atoms with Crippen LogP contribution in [0.4, 0.5) is 14.6 Å². The monoisotopic (exact) mass is 283 g/mol. The van der Waals surface area contributed by atoms with Crippen LogP contribution in [-0.2, 0) is 0 Å². The number of aliphatic hydroxyl groups is 1. The molecule has 1 unspecified atom stereocenters. The van der Waals surface area contributed by atoms with Gasteiger partial charge in [-0.3, -0.25) is 0 Å². The number of aliphatic hydroxyl groups excluding tert-OH is 1. The van der Waals surface area contributed by atoms with Crippen molar-refractivity contribution in [3.63, 3.8) is 0 Å². The Morgan fingerprint density at radius 3 is 2.80 bits per heavy atom. The van der Waals surface area contributed by atoms with Crippen LogP contribution >= 0.6 is 0 Å². The summed E-state index contributed by atoms with van der Waals surface area (Å²) in [7, 11) is 0. The number of alkyl halides is 2. The molecular formula is C12H15F2N5O. The predicted molar refractivity (Wildman–Crippen MR) is 67.6 cm³/mol. The lowest BCUT2D eigenvalue weighted by Crippen LogP contribution is -2.41. The molecule has 2 aromatic heterocycles. The van der Waals surface area contributed by atoms with Crippen LogP contribution in [0.15, 0.2) is 12.1 Å². The Labute approximate surface area is 113 Å². The summed E-state index contributed by atoms with van der Waals surface area (Å²) in [5.74, 6) is 0.309. The summed E-state index contributed by atoms with van der Waals surface area (Å²) < 4.78 is 26.6.